The van der Waals surface area contributed by atoms with Crippen LogP contribution in [0.25, 0.3) is 0 Å². The average Bonchev–Trinajstić information content (AvgIpc) is 3.22. The largest absolute Gasteiger partial charge is 0.351 e. The zero-order valence-electron chi connectivity index (χ0n) is 13.0. The van der Waals surface area contributed by atoms with Crippen LogP contribution in [0.5, 0.6) is 0 Å². The standard InChI is InChI=1S/C16H20N2O4S/c1-11-4-2-3-5-13(11)18-15(20)16(7-8-16)14(19)17-12-6-9-23(21,22)10-12/h2-5,12H,6-10H2,1H3,(H,17,19)(H,18,20). The van der Waals surface area contributed by atoms with E-state index in [1.54, 1.807) is 6.07 Å². The van der Waals surface area contributed by atoms with Crippen LogP contribution < -0.4 is 10.6 Å². The average molecular weight is 336 g/mol. The van der Waals surface area contributed by atoms with Gasteiger partial charge in [-0.1, -0.05) is 18.2 Å². The van der Waals surface area contributed by atoms with E-state index in [1.165, 1.54) is 0 Å². The van der Waals surface area contributed by atoms with Crippen LogP contribution in [-0.4, -0.2) is 37.8 Å². The van der Waals surface area contributed by atoms with Crippen LogP contribution in [0.4, 0.5) is 5.69 Å². The minimum absolute atomic E-state index is 0.0335. The van der Waals surface area contributed by atoms with Crippen LogP contribution in [0, 0.1) is 12.3 Å². The van der Waals surface area contributed by atoms with Crippen LogP contribution in [0.1, 0.15) is 24.8 Å². The third-order valence-corrected chi connectivity index (χ3v) is 6.35. The molecule has 0 bridgehead atoms. The Morgan fingerprint density at radius 3 is 2.43 bits per heavy atom. The molecule has 0 aromatic heterocycles. The van der Waals surface area contributed by atoms with Gasteiger partial charge in [-0.05, 0) is 37.8 Å². The second-order valence-electron chi connectivity index (χ2n) is 6.42. The predicted molar refractivity (Wildman–Crippen MR) is 86.7 cm³/mol. The van der Waals surface area contributed by atoms with Crippen molar-refractivity contribution < 1.29 is 18.0 Å². The molecule has 3 rings (SSSR count). The number of carbonyl (C=O) groups is 2. The molecule has 1 aromatic carbocycles. The van der Waals surface area contributed by atoms with Gasteiger partial charge in [0, 0.05) is 11.7 Å². The topological polar surface area (TPSA) is 92.3 Å². The number of anilines is 1. The summed E-state index contributed by atoms with van der Waals surface area (Å²) in [5.41, 5.74) is 0.577. The van der Waals surface area contributed by atoms with Gasteiger partial charge in [0.2, 0.25) is 11.8 Å². The molecular formula is C16H20N2O4S. The summed E-state index contributed by atoms with van der Waals surface area (Å²) >= 11 is 0. The zero-order chi connectivity index (χ0) is 16.7. The molecule has 1 unspecified atom stereocenters. The highest BCUT2D eigenvalue weighted by Crippen LogP contribution is 2.47. The maximum atomic E-state index is 12.5. The lowest BCUT2D eigenvalue weighted by molar-refractivity contribution is -0.134. The molecule has 2 fully saturated rings. The lowest BCUT2D eigenvalue weighted by atomic mass is 10.0. The van der Waals surface area contributed by atoms with Gasteiger partial charge in [0.25, 0.3) is 0 Å². The van der Waals surface area contributed by atoms with E-state index in [0.717, 1.165) is 5.56 Å². The Morgan fingerprint density at radius 1 is 1.17 bits per heavy atom. The molecule has 2 amide bonds. The number of nitrogens with one attached hydrogen (secondary N) is 2. The van der Waals surface area contributed by atoms with E-state index in [2.05, 4.69) is 10.6 Å². The Labute approximate surface area is 135 Å². The Balaban J connectivity index is 1.66. The molecule has 1 aromatic rings. The van der Waals surface area contributed by atoms with Crippen molar-refractivity contribution in [1.29, 1.82) is 0 Å². The highest BCUT2D eigenvalue weighted by Gasteiger charge is 2.57. The summed E-state index contributed by atoms with van der Waals surface area (Å²) < 4.78 is 22.9. The third-order valence-electron chi connectivity index (χ3n) is 4.58. The Kier molecular flexibility index (Phi) is 3.91. The van der Waals surface area contributed by atoms with Crippen LogP contribution in [0.3, 0.4) is 0 Å². The number of para-hydroxylation sites is 1. The van der Waals surface area contributed by atoms with Crippen molar-refractivity contribution in [1.82, 2.24) is 5.32 Å². The first-order chi connectivity index (χ1) is 10.8. The molecule has 1 aliphatic carbocycles. The number of benzene rings is 1. The predicted octanol–water partition coefficient (Wildman–Crippen LogP) is 1.02. The van der Waals surface area contributed by atoms with Gasteiger partial charge < -0.3 is 10.6 Å². The SMILES string of the molecule is Cc1ccccc1NC(=O)C1(C(=O)NC2CCS(=O)(=O)C2)CC1. The fourth-order valence-corrected chi connectivity index (χ4v) is 4.54. The van der Waals surface area contributed by atoms with E-state index in [4.69, 9.17) is 0 Å². The zero-order valence-corrected chi connectivity index (χ0v) is 13.8. The fourth-order valence-electron chi connectivity index (χ4n) is 2.87. The molecule has 1 atom stereocenters. The Morgan fingerprint density at radius 2 is 1.87 bits per heavy atom. The molecule has 2 aliphatic rings. The molecule has 6 nitrogen and oxygen atoms in total. The lowest BCUT2D eigenvalue weighted by Gasteiger charge is -2.18. The molecule has 0 radical (unpaired) electrons. The smallest absolute Gasteiger partial charge is 0.240 e. The highest BCUT2D eigenvalue weighted by atomic mass is 32.2. The van der Waals surface area contributed by atoms with Crippen molar-refractivity contribution in [3.05, 3.63) is 29.8 Å². The molecule has 124 valence electrons. The van der Waals surface area contributed by atoms with Gasteiger partial charge in [-0.3, -0.25) is 9.59 Å². The van der Waals surface area contributed by atoms with Gasteiger partial charge in [0.05, 0.1) is 11.5 Å². The quantitative estimate of drug-likeness (QED) is 0.803. The molecule has 23 heavy (non-hydrogen) atoms. The first-order valence-corrected chi connectivity index (χ1v) is 9.53. The minimum atomic E-state index is -3.06. The van der Waals surface area contributed by atoms with E-state index in [1.807, 2.05) is 25.1 Å². The molecule has 1 saturated carbocycles. The molecule has 1 saturated heterocycles. The molecule has 1 aliphatic heterocycles. The minimum Gasteiger partial charge on any atom is -0.351 e. The van der Waals surface area contributed by atoms with E-state index in [9.17, 15) is 18.0 Å². The van der Waals surface area contributed by atoms with Crippen molar-refractivity contribution in [2.24, 2.45) is 5.41 Å². The first-order valence-electron chi connectivity index (χ1n) is 7.71. The molecular weight excluding hydrogens is 316 g/mol. The summed E-state index contributed by atoms with van der Waals surface area (Å²) in [5, 5.41) is 5.56. The van der Waals surface area contributed by atoms with E-state index < -0.39 is 15.3 Å². The van der Waals surface area contributed by atoms with Crippen molar-refractivity contribution in [2.45, 2.75) is 32.2 Å². The number of aryl methyl sites for hydroxylation is 1. The highest BCUT2D eigenvalue weighted by molar-refractivity contribution is 7.91. The van der Waals surface area contributed by atoms with E-state index in [-0.39, 0.29) is 29.4 Å². The number of hydrogen-bond donors (Lipinski definition) is 2. The van der Waals surface area contributed by atoms with Crippen LogP contribution >= 0.6 is 0 Å². The van der Waals surface area contributed by atoms with Gasteiger partial charge >= 0.3 is 0 Å². The number of sulfone groups is 1. The summed E-state index contributed by atoms with van der Waals surface area (Å²) in [6.45, 7) is 1.89. The molecule has 0 spiro atoms. The maximum Gasteiger partial charge on any atom is 0.240 e. The fraction of sp³-hybridized carbons (Fsp3) is 0.500. The normalized spacial score (nSPS) is 24.0. The molecule has 1 heterocycles. The molecule has 7 heteroatoms. The van der Waals surface area contributed by atoms with Crippen molar-refractivity contribution in [3.8, 4) is 0 Å². The van der Waals surface area contributed by atoms with Crippen LogP contribution in [-0.2, 0) is 19.4 Å². The number of rotatable bonds is 4. The van der Waals surface area contributed by atoms with Gasteiger partial charge in [-0.25, -0.2) is 8.42 Å². The Bertz CT molecular complexity index is 753. The molecule has 2 N–H and O–H groups in total. The first kappa shape index (κ1) is 16.0. The number of carbonyl (C=O) groups excluding carboxylic acids is 2. The van der Waals surface area contributed by atoms with Crippen molar-refractivity contribution >= 4 is 27.3 Å². The Hall–Kier alpha value is -1.89. The number of hydrogen-bond acceptors (Lipinski definition) is 4. The van der Waals surface area contributed by atoms with Gasteiger partial charge in [-0.15, -0.1) is 0 Å². The second kappa shape index (κ2) is 5.63. The van der Waals surface area contributed by atoms with Crippen LogP contribution in [0.15, 0.2) is 24.3 Å². The van der Waals surface area contributed by atoms with Gasteiger partial charge in [-0.2, -0.15) is 0 Å². The van der Waals surface area contributed by atoms with Gasteiger partial charge in [0.1, 0.15) is 5.41 Å². The summed E-state index contributed by atoms with van der Waals surface area (Å²) in [5.74, 6) is -0.606. The number of amides is 2. The lowest BCUT2D eigenvalue weighted by Crippen LogP contribution is -2.45. The van der Waals surface area contributed by atoms with E-state index in [0.29, 0.717) is 24.9 Å². The van der Waals surface area contributed by atoms with Crippen LogP contribution in [0.2, 0.25) is 0 Å². The van der Waals surface area contributed by atoms with Gasteiger partial charge in [0.15, 0.2) is 9.84 Å². The maximum absolute atomic E-state index is 12.5. The third kappa shape index (κ3) is 3.24. The summed E-state index contributed by atoms with van der Waals surface area (Å²) in [6.07, 6.45) is 1.41. The monoisotopic (exact) mass is 336 g/mol. The van der Waals surface area contributed by atoms with Crippen molar-refractivity contribution in [2.75, 3.05) is 16.8 Å². The summed E-state index contributed by atoms with van der Waals surface area (Å²) in [6, 6.07) is 7.01. The van der Waals surface area contributed by atoms with Crippen molar-refractivity contribution in [3.63, 3.8) is 0 Å². The second-order valence-corrected chi connectivity index (χ2v) is 8.65. The summed E-state index contributed by atoms with van der Waals surface area (Å²) in [4.78, 5) is 24.9. The summed E-state index contributed by atoms with van der Waals surface area (Å²) in [7, 11) is -3.06. The van der Waals surface area contributed by atoms with E-state index >= 15 is 0 Å².